The monoisotopic (exact) mass is 252 g/mol. The Morgan fingerprint density at radius 1 is 1.33 bits per heavy atom. The summed E-state index contributed by atoms with van der Waals surface area (Å²) in [7, 11) is 1.31. The van der Waals surface area contributed by atoms with E-state index in [1.807, 2.05) is 0 Å². The molecule has 0 spiro atoms. The predicted octanol–water partition coefficient (Wildman–Crippen LogP) is 3.43. The van der Waals surface area contributed by atoms with Gasteiger partial charge in [0.25, 0.3) is 0 Å². The van der Waals surface area contributed by atoms with Gasteiger partial charge < -0.3 is 4.74 Å². The van der Waals surface area contributed by atoms with Crippen LogP contribution in [0.3, 0.4) is 0 Å². The molecule has 0 heterocycles. The topological polar surface area (TPSA) is 43.4 Å². The summed E-state index contributed by atoms with van der Waals surface area (Å²) >= 11 is 0. The van der Waals surface area contributed by atoms with Crippen LogP contribution in [0.5, 0.6) is 0 Å². The molecule has 3 heteroatoms. The van der Waals surface area contributed by atoms with Crippen molar-refractivity contribution >= 4 is 11.8 Å². The molecule has 0 aromatic heterocycles. The van der Waals surface area contributed by atoms with Crippen LogP contribution in [0.1, 0.15) is 59.3 Å². The van der Waals surface area contributed by atoms with Crippen molar-refractivity contribution in [1.29, 1.82) is 0 Å². The molecule has 0 fully saturated rings. The number of allylic oxidation sites excluding steroid dienone is 2. The van der Waals surface area contributed by atoms with Crippen molar-refractivity contribution in [2.45, 2.75) is 59.3 Å². The quantitative estimate of drug-likeness (QED) is 0.428. The maximum atomic E-state index is 11.6. The molecule has 0 saturated heterocycles. The van der Waals surface area contributed by atoms with E-state index in [0.717, 1.165) is 12.8 Å². The SMILES string of the molecule is COC(=O)CC(=O)CCC1=C(C)CCCC1(C)C. The lowest BCUT2D eigenvalue weighted by molar-refractivity contribution is -0.143. The smallest absolute Gasteiger partial charge is 0.313 e. The molecule has 1 rings (SSSR count). The van der Waals surface area contributed by atoms with Gasteiger partial charge in [-0.25, -0.2) is 0 Å². The van der Waals surface area contributed by atoms with Gasteiger partial charge in [-0.2, -0.15) is 0 Å². The zero-order chi connectivity index (χ0) is 13.8. The van der Waals surface area contributed by atoms with Gasteiger partial charge in [-0.05, 0) is 38.0 Å². The average Bonchev–Trinajstić information content (AvgIpc) is 2.27. The first-order valence-electron chi connectivity index (χ1n) is 6.64. The number of carbonyl (C=O) groups excluding carboxylic acids is 2. The number of hydrogen-bond acceptors (Lipinski definition) is 3. The molecule has 0 aromatic carbocycles. The fourth-order valence-electron chi connectivity index (χ4n) is 2.81. The largest absolute Gasteiger partial charge is 0.469 e. The third-order valence-electron chi connectivity index (χ3n) is 3.91. The Hall–Kier alpha value is -1.12. The van der Waals surface area contributed by atoms with Gasteiger partial charge in [0.15, 0.2) is 0 Å². The number of carbonyl (C=O) groups is 2. The molecule has 0 aromatic rings. The minimum absolute atomic E-state index is 0.0245. The molecular weight excluding hydrogens is 228 g/mol. The van der Waals surface area contributed by atoms with Crippen LogP contribution in [0.2, 0.25) is 0 Å². The molecule has 0 bridgehead atoms. The molecule has 0 saturated carbocycles. The van der Waals surface area contributed by atoms with E-state index in [1.165, 1.54) is 31.1 Å². The Morgan fingerprint density at radius 2 is 2.00 bits per heavy atom. The highest BCUT2D eigenvalue weighted by molar-refractivity contribution is 5.95. The van der Waals surface area contributed by atoms with Crippen LogP contribution in [-0.4, -0.2) is 18.9 Å². The van der Waals surface area contributed by atoms with Gasteiger partial charge in [-0.3, -0.25) is 9.59 Å². The van der Waals surface area contributed by atoms with Gasteiger partial charge in [0.1, 0.15) is 12.2 Å². The molecule has 0 N–H and O–H groups in total. The van der Waals surface area contributed by atoms with E-state index in [0.29, 0.717) is 6.42 Å². The molecule has 0 amide bonds. The van der Waals surface area contributed by atoms with Crippen LogP contribution < -0.4 is 0 Å². The Kier molecular flexibility index (Phi) is 5.12. The minimum atomic E-state index is -0.436. The molecule has 3 nitrogen and oxygen atoms in total. The standard InChI is InChI=1S/C15H24O3/c1-11-6-5-9-15(2,3)13(11)8-7-12(16)10-14(17)18-4/h5-10H2,1-4H3. The number of methoxy groups -OCH3 is 1. The maximum absolute atomic E-state index is 11.6. The Morgan fingerprint density at radius 3 is 2.56 bits per heavy atom. The average molecular weight is 252 g/mol. The van der Waals surface area contributed by atoms with E-state index in [4.69, 9.17) is 0 Å². The van der Waals surface area contributed by atoms with Gasteiger partial charge >= 0.3 is 5.97 Å². The van der Waals surface area contributed by atoms with Crippen molar-refractivity contribution in [3.8, 4) is 0 Å². The third-order valence-corrected chi connectivity index (χ3v) is 3.91. The number of ketones is 1. The highest BCUT2D eigenvalue weighted by atomic mass is 16.5. The van der Waals surface area contributed by atoms with Crippen LogP contribution in [0, 0.1) is 5.41 Å². The number of esters is 1. The van der Waals surface area contributed by atoms with E-state index in [1.54, 1.807) is 0 Å². The number of hydrogen-bond donors (Lipinski definition) is 0. The highest BCUT2D eigenvalue weighted by Gasteiger charge is 2.28. The molecule has 18 heavy (non-hydrogen) atoms. The van der Waals surface area contributed by atoms with E-state index < -0.39 is 5.97 Å². The van der Waals surface area contributed by atoms with Gasteiger partial charge in [0.05, 0.1) is 7.11 Å². The van der Waals surface area contributed by atoms with Crippen LogP contribution >= 0.6 is 0 Å². The van der Waals surface area contributed by atoms with Gasteiger partial charge in [0.2, 0.25) is 0 Å². The summed E-state index contributed by atoms with van der Waals surface area (Å²) in [5, 5.41) is 0. The first-order valence-corrected chi connectivity index (χ1v) is 6.64. The van der Waals surface area contributed by atoms with Crippen LogP contribution in [0.15, 0.2) is 11.1 Å². The molecular formula is C15H24O3. The molecule has 1 aliphatic rings. The Labute approximate surface area is 110 Å². The molecule has 0 radical (unpaired) electrons. The minimum Gasteiger partial charge on any atom is -0.469 e. The number of ether oxygens (including phenoxy) is 1. The first-order chi connectivity index (χ1) is 8.36. The molecule has 0 aliphatic heterocycles. The first kappa shape index (κ1) is 14.9. The Bertz CT molecular complexity index is 364. The molecule has 1 aliphatic carbocycles. The second kappa shape index (κ2) is 6.17. The second-order valence-electron chi connectivity index (χ2n) is 5.79. The van der Waals surface area contributed by atoms with Crippen molar-refractivity contribution in [2.75, 3.05) is 7.11 Å². The fraction of sp³-hybridized carbons (Fsp3) is 0.733. The van der Waals surface area contributed by atoms with Crippen molar-refractivity contribution in [3.05, 3.63) is 11.1 Å². The molecule has 0 atom stereocenters. The van der Waals surface area contributed by atoms with E-state index >= 15 is 0 Å². The highest BCUT2D eigenvalue weighted by Crippen LogP contribution is 2.42. The predicted molar refractivity (Wildman–Crippen MR) is 71.2 cm³/mol. The summed E-state index contributed by atoms with van der Waals surface area (Å²) in [6.07, 6.45) is 4.70. The summed E-state index contributed by atoms with van der Waals surface area (Å²) in [5.41, 5.74) is 3.04. The summed E-state index contributed by atoms with van der Waals surface area (Å²) in [4.78, 5) is 22.7. The summed E-state index contributed by atoms with van der Waals surface area (Å²) < 4.78 is 4.50. The molecule has 0 unspecified atom stereocenters. The lowest BCUT2D eigenvalue weighted by atomic mass is 9.71. The van der Waals surface area contributed by atoms with E-state index in [9.17, 15) is 9.59 Å². The van der Waals surface area contributed by atoms with Crippen LogP contribution in [0.4, 0.5) is 0 Å². The van der Waals surface area contributed by atoms with Crippen molar-refractivity contribution in [3.63, 3.8) is 0 Å². The maximum Gasteiger partial charge on any atom is 0.313 e. The van der Waals surface area contributed by atoms with Crippen molar-refractivity contribution in [2.24, 2.45) is 5.41 Å². The second-order valence-corrected chi connectivity index (χ2v) is 5.79. The third kappa shape index (κ3) is 3.97. The van der Waals surface area contributed by atoms with Gasteiger partial charge in [-0.15, -0.1) is 0 Å². The zero-order valence-corrected chi connectivity index (χ0v) is 12.0. The zero-order valence-electron chi connectivity index (χ0n) is 12.0. The molecule has 102 valence electrons. The van der Waals surface area contributed by atoms with Crippen molar-refractivity contribution in [1.82, 2.24) is 0 Å². The number of rotatable bonds is 5. The number of Topliss-reactive ketones (excluding diaryl/α,β-unsaturated/α-hetero) is 1. The summed E-state index contributed by atoms with van der Waals surface area (Å²) in [6.45, 7) is 6.66. The lowest BCUT2D eigenvalue weighted by Crippen LogP contribution is -2.21. The van der Waals surface area contributed by atoms with Crippen LogP contribution in [0.25, 0.3) is 0 Å². The fourth-order valence-corrected chi connectivity index (χ4v) is 2.81. The van der Waals surface area contributed by atoms with Crippen molar-refractivity contribution < 1.29 is 14.3 Å². The van der Waals surface area contributed by atoms with E-state index in [2.05, 4.69) is 25.5 Å². The van der Waals surface area contributed by atoms with E-state index in [-0.39, 0.29) is 17.6 Å². The summed E-state index contributed by atoms with van der Waals surface area (Å²) in [6, 6.07) is 0. The Balaban J connectivity index is 2.56. The normalized spacial score (nSPS) is 18.7. The summed E-state index contributed by atoms with van der Waals surface area (Å²) in [5.74, 6) is -0.461. The lowest BCUT2D eigenvalue weighted by Gasteiger charge is -2.34. The van der Waals surface area contributed by atoms with Gasteiger partial charge in [-0.1, -0.05) is 25.0 Å². The van der Waals surface area contributed by atoms with Crippen LogP contribution in [-0.2, 0) is 14.3 Å². The van der Waals surface area contributed by atoms with Gasteiger partial charge in [0, 0.05) is 6.42 Å².